The molecule has 0 heterocycles. The Kier molecular flexibility index (Phi) is 6.52. The fourth-order valence-corrected chi connectivity index (χ4v) is 1.56. The van der Waals surface area contributed by atoms with Gasteiger partial charge in [0.1, 0.15) is 0 Å². The minimum Gasteiger partial charge on any atom is -0.478 e. The summed E-state index contributed by atoms with van der Waals surface area (Å²) in [6.07, 6.45) is 0.543. The van der Waals surface area contributed by atoms with Gasteiger partial charge in [-0.05, 0) is 31.0 Å². The third-order valence-electron chi connectivity index (χ3n) is 2.83. The van der Waals surface area contributed by atoms with Crippen molar-refractivity contribution >= 4 is 12.0 Å². The van der Waals surface area contributed by atoms with Crippen LogP contribution in [-0.2, 0) is 11.2 Å². The first-order chi connectivity index (χ1) is 9.52. The number of carboxylic acids is 1. The van der Waals surface area contributed by atoms with Crippen molar-refractivity contribution in [1.29, 1.82) is 0 Å². The molecule has 0 aromatic heterocycles. The SMILES string of the molecule is COC(C)CNC(=O)NCCc1cccc(C(=O)O)c1. The number of rotatable bonds is 7. The highest BCUT2D eigenvalue weighted by molar-refractivity contribution is 5.87. The number of aromatic carboxylic acids is 1. The van der Waals surface area contributed by atoms with Crippen LogP contribution < -0.4 is 10.6 Å². The Morgan fingerprint density at radius 1 is 1.35 bits per heavy atom. The van der Waals surface area contributed by atoms with Crippen molar-refractivity contribution in [2.24, 2.45) is 0 Å². The lowest BCUT2D eigenvalue weighted by Crippen LogP contribution is -2.40. The number of amides is 2. The molecule has 6 nitrogen and oxygen atoms in total. The van der Waals surface area contributed by atoms with Crippen molar-refractivity contribution in [1.82, 2.24) is 10.6 Å². The summed E-state index contributed by atoms with van der Waals surface area (Å²) >= 11 is 0. The molecule has 0 aliphatic carbocycles. The Morgan fingerprint density at radius 3 is 2.75 bits per heavy atom. The van der Waals surface area contributed by atoms with Gasteiger partial charge < -0.3 is 20.5 Å². The number of carbonyl (C=O) groups excluding carboxylic acids is 1. The highest BCUT2D eigenvalue weighted by atomic mass is 16.5. The summed E-state index contributed by atoms with van der Waals surface area (Å²) in [4.78, 5) is 22.3. The fourth-order valence-electron chi connectivity index (χ4n) is 1.56. The number of nitrogens with one attached hydrogen (secondary N) is 2. The molecule has 0 spiro atoms. The maximum absolute atomic E-state index is 11.5. The largest absolute Gasteiger partial charge is 0.478 e. The van der Waals surface area contributed by atoms with Crippen molar-refractivity contribution < 1.29 is 19.4 Å². The van der Waals surface area contributed by atoms with E-state index in [-0.39, 0.29) is 17.7 Å². The van der Waals surface area contributed by atoms with Crippen LogP contribution in [0.5, 0.6) is 0 Å². The summed E-state index contributed by atoms with van der Waals surface area (Å²) in [6.45, 7) is 2.74. The van der Waals surface area contributed by atoms with Crippen LogP contribution in [0.1, 0.15) is 22.8 Å². The Balaban J connectivity index is 2.32. The van der Waals surface area contributed by atoms with Gasteiger partial charge >= 0.3 is 12.0 Å². The number of benzene rings is 1. The van der Waals surface area contributed by atoms with Gasteiger partial charge in [0.2, 0.25) is 0 Å². The Hall–Kier alpha value is -2.08. The van der Waals surface area contributed by atoms with Gasteiger partial charge in [-0.3, -0.25) is 0 Å². The minimum atomic E-state index is -0.953. The van der Waals surface area contributed by atoms with Gasteiger partial charge in [0.15, 0.2) is 0 Å². The highest BCUT2D eigenvalue weighted by Crippen LogP contribution is 2.05. The van der Waals surface area contributed by atoms with E-state index in [4.69, 9.17) is 9.84 Å². The van der Waals surface area contributed by atoms with Gasteiger partial charge in [0.25, 0.3) is 0 Å². The smallest absolute Gasteiger partial charge is 0.335 e. The summed E-state index contributed by atoms with van der Waals surface area (Å²) in [7, 11) is 1.58. The first-order valence-electron chi connectivity index (χ1n) is 6.39. The molecule has 1 rings (SSSR count). The predicted octanol–water partition coefficient (Wildman–Crippen LogP) is 1.26. The van der Waals surface area contributed by atoms with E-state index < -0.39 is 5.97 Å². The van der Waals surface area contributed by atoms with Crippen molar-refractivity contribution in [3.05, 3.63) is 35.4 Å². The third-order valence-corrected chi connectivity index (χ3v) is 2.83. The molecule has 1 aromatic carbocycles. The first-order valence-corrected chi connectivity index (χ1v) is 6.39. The topological polar surface area (TPSA) is 87.7 Å². The molecule has 2 amide bonds. The van der Waals surface area contributed by atoms with Crippen LogP contribution in [0, 0.1) is 0 Å². The van der Waals surface area contributed by atoms with Gasteiger partial charge in [-0.25, -0.2) is 9.59 Å². The van der Waals surface area contributed by atoms with Crippen LogP contribution in [0.2, 0.25) is 0 Å². The van der Waals surface area contributed by atoms with E-state index in [1.165, 1.54) is 6.07 Å². The molecule has 20 heavy (non-hydrogen) atoms. The zero-order chi connectivity index (χ0) is 15.0. The van der Waals surface area contributed by atoms with Crippen LogP contribution in [0.25, 0.3) is 0 Å². The molecule has 0 fully saturated rings. The fraction of sp³-hybridized carbons (Fsp3) is 0.429. The number of carbonyl (C=O) groups is 2. The highest BCUT2D eigenvalue weighted by Gasteiger charge is 2.05. The van der Waals surface area contributed by atoms with E-state index in [1.54, 1.807) is 19.2 Å². The Bertz CT molecular complexity index is 462. The van der Waals surface area contributed by atoms with Crippen LogP contribution in [0.3, 0.4) is 0 Å². The van der Waals surface area contributed by atoms with E-state index in [0.717, 1.165) is 5.56 Å². The molecule has 0 saturated carbocycles. The number of hydrogen-bond donors (Lipinski definition) is 3. The lowest BCUT2D eigenvalue weighted by atomic mass is 10.1. The van der Waals surface area contributed by atoms with E-state index in [2.05, 4.69) is 10.6 Å². The van der Waals surface area contributed by atoms with Crippen molar-refractivity contribution in [3.63, 3.8) is 0 Å². The second-order valence-corrected chi connectivity index (χ2v) is 4.44. The van der Waals surface area contributed by atoms with Crippen molar-refractivity contribution in [3.8, 4) is 0 Å². The molecule has 1 unspecified atom stereocenters. The number of hydrogen-bond acceptors (Lipinski definition) is 3. The summed E-state index contributed by atoms with van der Waals surface area (Å²) < 4.78 is 5.01. The number of ether oxygens (including phenoxy) is 1. The zero-order valence-electron chi connectivity index (χ0n) is 11.7. The van der Waals surface area contributed by atoms with Gasteiger partial charge in [0.05, 0.1) is 11.7 Å². The maximum atomic E-state index is 11.5. The van der Waals surface area contributed by atoms with Crippen molar-refractivity contribution in [2.45, 2.75) is 19.4 Å². The second kappa shape index (κ2) is 8.16. The van der Waals surface area contributed by atoms with Crippen LogP contribution in [-0.4, -0.2) is 43.4 Å². The molecule has 0 aliphatic rings. The Labute approximate surface area is 118 Å². The molecule has 0 radical (unpaired) electrons. The van der Waals surface area contributed by atoms with Crippen LogP contribution >= 0.6 is 0 Å². The lowest BCUT2D eigenvalue weighted by molar-refractivity contribution is 0.0696. The summed E-state index contributed by atoms with van der Waals surface area (Å²) in [6, 6.07) is 6.41. The van der Waals surface area contributed by atoms with Gasteiger partial charge in [-0.2, -0.15) is 0 Å². The lowest BCUT2D eigenvalue weighted by Gasteiger charge is -2.11. The molecule has 1 atom stereocenters. The van der Waals surface area contributed by atoms with Crippen LogP contribution in [0.15, 0.2) is 24.3 Å². The molecule has 3 N–H and O–H groups in total. The van der Waals surface area contributed by atoms with Crippen molar-refractivity contribution in [2.75, 3.05) is 20.2 Å². The molecular formula is C14H20N2O4. The third kappa shape index (κ3) is 5.71. The molecular weight excluding hydrogens is 260 g/mol. The predicted molar refractivity (Wildman–Crippen MR) is 75.0 cm³/mol. The van der Waals surface area contributed by atoms with Gasteiger partial charge in [-0.1, -0.05) is 12.1 Å². The molecule has 0 aliphatic heterocycles. The van der Waals surface area contributed by atoms with E-state index >= 15 is 0 Å². The van der Waals surface area contributed by atoms with E-state index in [0.29, 0.717) is 19.5 Å². The van der Waals surface area contributed by atoms with Gasteiger partial charge in [0, 0.05) is 20.2 Å². The summed E-state index contributed by atoms with van der Waals surface area (Å²) in [5.74, 6) is -0.953. The second-order valence-electron chi connectivity index (χ2n) is 4.44. The molecule has 6 heteroatoms. The standard InChI is InChI=1S/C14H20N2O4/c1-10(20-2)9-16-14(19)15-7-6-11-4-3-5-12(8-11)13(17)18/h3-5,8,10H,6-7,9H2,1-2H3,(H,17,18)(H2,15,16,19). The first kappa shape index (κ1) is 16.0. The normalized spacial score (nSPS) is 11.7. The Morgan fingerprint density at radius 2 is 2.10 bits per heavy atom. The molecule has 1 aromatic rings. The average molecular weight is 280 g/mol. The monoisotopic (exact) mass is 280 g/mol. The minimum absolute atomic E-state index is 0.0343. The molecule has 110 valence electrons. The molecule has 0 saturated heterocycles. The molecule has 0 bridgehead atoms. The number of methoxy groups -OCH3 is 1. The quantitative estimate of drug-likeness (QED) is 0.701. The van der Waals surface area contributed by atoms with E-state index in [1.807, 2.05) is 13.0 Å². The average Bonchev–Trinajstić information content (AvgIpc) is 2.45. The van der Waals surface area contributed by atoms with E-state index in [9.17, 15) is 9.59 Å². The van der Waals surface area contributed by atoms with Gasteiger partial charge in [-0.15, -0.1) is 0 Å². The maximum Gasteiger partial charge on any atom is 0.335 e. The number of carboxylic acid groups (broad SMARTS) is 1. The zero-order valence-corrected chi connectivity index (χ0v) is 11.7. The van der Waals surface area contributed by atoms with Crippen LogP contribution in [0.4, 0.5) is 4.79 Å². The summed E-state index contributed by atoms with van der Waals surface area (Å²) in [5, 5.41) is 14.3. The summed E-state index contributed by atoms with van der Waals surface area (Å²) in [5.41, 5.74) is 1.12. The number of urea groups is 1.